The number of hydrogen-bond donors (Lipinski definition) is 1. The lowest BCUT2D eigenvalue weighted by Gasteiger charge is -2.30. The molecule has 0 spiro atoms. The molecular formula is C19H24N4O4. The normalized spacial score (nSPS) is 14.7. The van der Waals surface area contributed by atoms with Gasteiger partial charge in [0.2, 0.25) is 5.91 Å². The van der Waals surface area contributed by atoms with Gasteiger partial charge in [-0.1, -0.05) is 23.4 Å². The number of amides is 2. The lowest BCUT2D eigenvalue weighted by Crippen LogP contribution is -2.45. The Balaban J connectivity index is 1.68. The van der Waals surface area contributed by atoms with Gasteiger partial charge in [0.15, 0.2) is 5.82 Å². The van der Waals surface area contributed by atoms with Gasteiger partial charge in [-0.2, -0.15) is 0 Å². The maximum atomic E-state index is 13.0. The van der Waals surface area contributed by atoms with E-state index >= 15 is 0 Å². The van der Waals surface area contributed by atoms with E-state index < -0.39 is 0 Å². The smallest absolute Gasteiger partial charge is 0.254 e. The molecule has 0 atom stereocenters. The molecule has 8 nitrogen and oxygen atoms in total. The summed E-state index contributed by atoms with van der Waals surface area (Å²) in [4.78, 5) is 29.2. The van der Waals surface area contributed by atoms with Crippen LogP contribution in [0.15, 0.2) is 41.1 Å². The summed E-state index contributed by atoms with van der Waals surface area (Å²) in [5.41, 5.74) is 1.49. The number of morpholine rings is 1. The minimum absolute atomic E-state index is 0.0512. The van der Waals surface area contributed by atoms with Gasteiger partial charge in [0.05, 0.1) is 13.2 Å². The molecule has 8 heteroatoms. The van der Waals surface area contributed by atoms with Crippen LogP contribution in [0.25, 0.3) is 0 Å². The third-order valence-corrected chi connectivity index (χ3v) is 4.49. The van der Waals surface area contributed by atoms with Crippen molar-refractivity contribution < 1.29 is 18.8 Å². The highest BCUT2D eigenvalue weighted by molar-refractivity contribution is 5.99. The standard InChI is InChI=1S/C19H24N4O4/c1-15-4-2-3-5-16(15)19(25)23(8-7-22-9-12-26-13-10-22)14-18(24)20-17-6-11-27-21-17/h2-6,11H,7-10,12-14H2,1H3,(H,20,21,24). The molecular weight excluding hydrogens is 348 g/mol. The van der Waals surface area contributed by atoms with Gasteiger partial charge in [-0.15, -0.1) is 0 Å². The van der Waals surface area contributed by atoms with Crippen molar-refractivity contribution in [3.05, 3.63) is 47.7 Å². The van der Waals surface area contributed by atoms with Crippen molar-refractivity contribution >= 4 is 17.6 Å². The van der Waals surface area contributed by atoms with E-state index in [2.05, 4.69) is 15.4 Å². The predicted octanol–water partition coefficient (Wildman–Crippen LogP) is 1.40. The van der Waals surface area contributed by atoms with Crippen LogP contribution in [0.4, 0.5) is 5.82 Å². The Labute approximate surface area is 158 Å². The van der Waals surface area contributed by atoms with Crippen molar-refractivity contribution in [1.82, 2.24) is 15.0 Å². The van der Waals surface area contributed by atoms with Gasteiger partial charge in [0.1, 0.15) is 12.8 Å². The Morgan fingerprint density at radius 1 is 1.22 bits per heavy atom. The summed E-state index contributed by atoms with van der Waals surface area (Å²) in [6.45, 7) is 6.04. The van der Waals surface area contributed by atoms with Crippen molar-refractivity contribution in [3.8, 4) is 0 Å². The van der Waals surface area contributed by atoms with E-state index in [1.54, 1.807) is 17.0 Å². The summed E-state index contributed by atoms with van der Waals surface area (Å²) in [6, 6.07) is 8.95. The van der Waals surface area contributed by atoms with Crippen molar-refractivity contribution in [2.45, 2.75) is 6.92 Å². The molecule has 2 heterocycles. The first kappa shape index (κ1) is 19.1. The Hall–Kier alpha value is -2.71. The van der Waals surface area contributed by atoms with Crippen LogP contribution in [0.5, 0.6) is 0 Å². The zero-order valence-electron chi connectivity index (χ0n) is 15.4. The Bertz CT molecular complexity index is 757. The topological polar surface area (TPSA) is 87.9 Å². The molecule has 1 aromatic carbocycles. The molecule has 0 radical (unpaired) electrons. The van der Waals surface area contributed by atoms with Crippen molar-refractivity contribution in [2.24, 2.45) is 0 Å². The van der Waals surface area contributed by atoms with Crippen molar-refractivity contribution in [1.29, 1.82) is 0 Å². The van der Waals surface area contributed by atoms with Gasteiger partial charge in [-0.25, -0.2) is 0 Å². The quantitative estimate of drug-likeness (QED) is 0.790. The van der Waals surface area contributed by atoms with Gasteiger partial charge in [0, 0.05) is 37.8 Å². The van der Waals surface area contributed by atoms with Crippen LogP contribution in [0.1, 0.15) is 15.9 Å². The molecule has 0 bridgehead atoms. The number of aryl methyl sites for hydroxylation is 1. The zero-order chi connectivity index (χ0) is 19.1. The van der Waals surface area contributed by atoms with Crippen LogP contribution in [0, 0.1) is 6.92 Å². The van der Waals surface area contributed by atoms with Crippen molar-refractivity contribution in [2.75, 3.05) is 51.3 Å². The van der Waals surface area contributed by atoms with Gasteiger partial charge >= 0.3 is 0 Å². The van der Waals surface area contributed by atoms with E-state index in [4.69, 9.17) is 9.26 Å². The first-order valence-electron chi connectivity index (χ1n) is 8.99. The molecule has 1 aliphatic rings. The summed E-state index contributed by atoms with van der Waals surface area (Å²) in [5, 5.41) is 6.31. The predicted molar refractivity (Wildman–Crippen MR) is 99.5 cm³/mol. The van der Waals surface area contributed by atoms with Gasteiger partial charge in [-0.05, 0) is 18.6 Å². The third-order valence-electron chi connectivity index (χ3n) is 4.49. The SMILES string of the molecule is Cc1ccccc1C(=O)N(CCN1CCOCC1)CC(=O)Nc1ccon1. The number of nitrogens with zero attached hydrogens (tertiary/aromatic N) is 3. The summed E-state index contributed by atoms with van der Waals surface area (Å²) < 4.78 is 10.1. The summed E-state index contributed by atoms with van der Waals surface area (Å²) in [7, 11) is 0. The molecule has 1 fully saturated rings. The number of anilines is 1. The van der Waals surface area contributed by atoms with Crippen molar-refractivity contribution in [3.63, 3.8) is 0 Å². The average Bonchev–Trinajstić information content (AvgIpc) is 3.18. The van der Waals surface area contributed by atoms with Crippen LogP contribution < -0.4 is 5.32 Å². The molecule has 144 valence electrons. The highest BCUT2D eigenvalue weighted by atomic mass is 16.5. The Kier molecular flexibility index (Phi) is 6.56. The number of carbonyl (C=O) groups excluding carboxylic acids is 2. The molecule has 2 aromatic rings. The Morgan fingerprint density at radius 2 is 2.00 bits per heavy atom. The number of rotatable bonds is 7. The van der Waals surface area contributed by atoms with E-state index in [1.165, 1.54) is 6.26 Å². The number of aromatic nitrogens is 1. The van der Waals surface area contributed by atoms with E-state index in [9.17, 15) is 9.59 Å². The molecule has 0 unspecified atom stereocenters. The number of ether oxygens (including phenoxy) is 1. The number of carbonyl (C=O) groups is 2. The molecule has 1 N–H and O–H groups in total. The molecule has 1 aliphatic heterocycles. The van der Waals surface area contributed by atoms with E-state index in [-0.39, 0.29) is 18.4 Å². The highest BCUT2D eigenvalue weighted by Gasteiger charge is 2.22. The van der Waals surface area contributed by atoms with Crippen LogP contribution in [0.3, 0.4) is 0 Å². The minimum Gasteiger partial charge on any atom is -0.379 e. The third kappa shape index (κ3) is 5.38. The summed E-state index contributed by atoms with van der Waals surface area (Å²) in [5.74, 6) is -0.138. The first-order chi connectivity index (χ1) is 13.1. The van der Waals surface area contributed by atoms with E-state index in [0.717, 1.165) is 18.7 Å². The van der Waals surface area contributed by atoms with Gasteiger partial charge in [-0.3, -0.25) is 14.5 Å². The fraction of sp³-hybridized carbons (Fsp3) is 0.421. The van der Waals surface area contributed by atoms with Crippen LogP contribution in [-0.2, 0) is 9.53 Å². The largest absolute Gasteiger partial charge is 0.379 e. The summed E-state index contributed by atoms with van der Waals surface area (Å²) in [6.07, 6.45) is 1.38. The summed E-state index contributed by atoms with van der Waals surface area (Å²) >= 11 is 0. The second-order valence-electron chi connectivity index (χ2n) is 6.43. The molecule has 1 saturated heterocycles. The first-order valence-corrected chi connectivity index (χ1v) is 8.99. The molecule has 2 amide bonds. The minimum atomic E-state index is -0.312. The van der Waals surface area contributed by atoms with Crippen LogP contribution in [-0.4, -0.2) is 72.7 Å². The molecule has 1 aromatic heterocycles. The molecule has 27 heavy (non-hydrogen) atoms. The average molecular weight is 372 g/mol. The maximum Gasteiger partial charge on any atom is 0.254 e. The highest BCUT2D eigenvalue weighted by Crippen LogP contribution is 2.12. The lowest BCUT2D eigenvalue weighted by molar-refractivity contribution is -0.117. The monoisotopic (exact) mass is 372 g/mol. The fourth-order valence-electron chi connectivity index (χ4n) is 2.96. The molecule has 0 saturated carbocycles. The lowest BCUT2D eigenvalue weighted by atomic mass is 10.1. The maximum absolute atomic E-state index is 13.0. The van der Waals surface area contributed by atoms with Gasteiger partial charge < -0.3 is 19.5 Å². The van der Waals surface area contributed by atoms with E-state index in [0.29, 0.717) is 37.7 Å². The number of benzene rings is 1. The fourth-order valence-corrected chi connectivity index (χ4v) is 2.96. The number of hydrogen-bond acceptors (Lipinski definition) is 6. The second-order valence-corrected chi connectivity index (χ2v) is 6.43. The van der Waals surface area contributed by atoms with Gasteiger partial charge in [0.25, 0.3) is 5.91 Å². The zero-order valence-corrected chi connectivity index (χ0v) is 15.4. The number of nitrogens with one attached hydrogen (secondary N) is 1. The van der Waals surface area contributed by atoms with Crippen LogP contribution in [0.2, 0.25) is 0 Å². The molecule has 3 rings (SSSR count). The van der Waals surface area contributed by atoms with E-state index in [1.807, 2.05) is 25.1 Å². The van der Waals surface area contributed by atoms with Crippen LogP contribution >= 0.6 is 0 Å². The second kappa shape index (κ2) is 9.29. The molecule has 0 aliphatic carbocycles. The Morgan fingerprint density at radius 3 is 2.70 bits per heavy atom.